The molecule has 1 unspecified atom stereocenters. The molecule has 2 heterocycles. The monoisotopic (exact) mass is 431 g/mol. The summed E-state index contributed by atoms with van der Waals surface area (Å²) in [5.41, 5.74) is 2.40. The molecule has 0 aliphatic heterocycles. The fourth-order valence-corrected chi connectivity index (χ4v) is 4.90. The molecular formula is C20H21N3O4S2. The molecule has 0 radical (unpaired) electrons. The number of methoxy groups -OCH3 is 1. The number of anilines is 1. The highest BCUT2D eigenvalue weighted by Crippen LogP contribution is 2.38. The summed E-state index contributed by atoms with van der Waals surface area (Å²) in [5.74, 6) is -0.281. The van der Waals surface area contributed by atoms with Crippen LogP contribution in [-0.2, 0) is 27.1 Å². The van der Waals surface area contributed by atoms with E-state index in [-0.39, 0.29) is 12.0 Å². The summed E-state index contributed by atoms with van der Waals surface area (Å²) >= 11 is 2.93. The third kappa shape index (κ3) is 5.67. The van der Waals surface area contributed by atoms with E-state index in [1.165, 1.54) is 17.4 Å². The maximum atomic E-state index is 12.2. The molecule has 152 valence electrons. The van der Waals surface area contributed by atoms with Crippen LogP contribution in [0.2, 0.25) is 0 Å². The number of fused-ring (bicyclic) bond motifs is 1. The number of carbonyl (C=O) groups is 2. The van der Waals surface area contributed by atoms with Crippen LogP contribution in [0, 0.1) is 11.3 Å². The minimum Gasteiger partial charge on any atom is -0.446 e. The van der Waals surface area contributed by atoms with E-state index < -0.39 is 6.09 Å². The predicted molar refractivity (Wildman–Crippen MR) is 113 cm³/mol. The summed E-state index contributed by atoms with van der Waals surface area (Å²) in [6.07, 6.45) is 4.27. The normalized spacial score (nSPS) is 15.5. The van der Waals surface area contributed by atoms with Crippen molar-refractivity contribution < 1.29 is 19.1 Å². The number of nitrogens with zero attached hydrogens (tertiary/aromatic N) is 1. The van der Waals surface area contributed by atoms with Gasteiger partial charge in [-0.15, -0.1) is 11.3 Å². The molecule has 2 aromatic heterocycles. The maximum absolute atomic E-state index is 12.2. The van der Waals surface area contributed by atoms with Crippen molar-refractivity contribution in [3.63, 3.8) is 0 Å². The Labute approximate surface area is 176 Å². The molecule has 2 aromatic rings. The molecule has 9 heteroatoms. The van der Waals surface area contributed by atoms with Gasteiger partial charge < -0.3 is 20.1 Å². The molecule has 1 atom stereocenters. The molecule has 0 spiro atoms. The van der Waals surface area contributed by atoms with E-state index in [0.29, 0.717) is 43.0 Å². The predicted octanol–water partition coefficient (Wildman–Crippen LogP) is 3.56. The van der Waals surface area contributed by atoms with Crippen molar-refractivity contribution in [2.45, 2.75) is 25.4 Å². The molecule has 0 saturated heterocycles. The molecule has 1 aliphatic carbocycles. The zero-order chi connectivity index (χ0) is 20.6. The Morgan fingerprint density at radius 1 is 1.45 bits per heavy atom. The number of thiophene rings is 2. The Morgan fingerprint density at radius 3 is 3.03 bits per heavy atom. The van der Waals surface area contributed by atoms with Crippen molar-refractivity contribution in [2.75, 3.05) is 25.6 Å². The molecule has 2 N–H and O–H groups in total. The Kier molecular flexibility index (Phi) is 7.41. The third-order valence-corrected chi connectivity index (χ3v) is 6.26. The van der Waals surface area contributed by atoms with Gasteiger partial charge in [-0.05, 0) is 46.9 Å². The van der Waals surface area contributed by atoms with Crippen LogP contribution in [0.4, 0.5) is 9.80 Å². The number of carbonyl (C=O) groups excluding carboxylic acids is 2. The van der Waals surface area contributed by atoms with Gasteiger partial charge in [0.25, 0.3) is 0 Å². The third-order valence-electron chi connectivity index (χ3n) is 4.39. The quantitative estimate of drug-likeness (QED) is 0.516. The topological polar surface area (TPSA) is 100 Å². The maximum Gasteiger partial charge on any atom is 0.407 e. The first-order chi connectivity index (χ1) is 14.1. The van der Waals surface area contributed by atoms with Crippen molar-refractivity contribution in [3.8, 4) is 6.07 Å². The number of amides is 2. The lowest BCUT2D eigenvalue weighted by atomic mass is 9.94. The van der Waals surface area contributed by atoms with Crippen LogP contribution in [0.1, 0.15) is 28.0 Å². The van der Waals surface area contributed by atoms with E-state index in [1.54, 1.807) is 24.5 Å². The van der Waals surface area contributed by atoms with Gasteiger partial charge in [0, 0.05) is 31.0 Å². The lowest BCUT2D eigenvalue weighted by Gasteiger charge is -2.22. The van der Waals surface area contributed by atoms with Crippen molar-refractivity contribution in [3.05, 3.63) is 44.5 Å². The molecule has 0 saturated carbocycles. The minimum absolute atomic E-state index is 0.253. The average Bonchev–Trinajstić information content (AvgIpc) is 3.33. The highest BCUT2D eigenvalue weighted by atomic mass is 32.1. The van der Waals surface area contributed by atoms with E-state index in [2.05, 4.69) is 16.7 Å². The Hall–Kier alpha value is -2.67. The van der Waals surface area contributed by atoms with Gasteiger partial charge in [0.15, 0.2) is 0 Å². The first-order valence-corrected chi connectivity index (χ1v) is 10.9. The average molecular weight is 432 g/mol. The number of hydrogen-bond acceptors (Lipinski definition) is 7. The van der Waals surface area contributed by atoms with E-state index in [4.69, 9.17) is 9.47 Å². The van der Waals surface area contributed by atoms with Crippen molar-refractivity contribution in [1.82, 2.24) is 5.32 Å². The van der Waals surface area contributed by atoms with Crippen LogP contribution in [0.5, 0.6) is 0 Å². The van der Waals surface area contributed by atoms with Gasteiger partial charge in [-0.2, -0.15) is 16.6 Å². The number of alkyl carbamates (subject to hydrolysis) is 1. The molecular weight excluding hydrogens is 410 g/mol. The largest absolute Gasteiger partial charge is 0.446 e. The molecule has 3 rings (SSSR count). The van der Waals surface area contributed by atoms with Crippen molar-refractivity contribution in [1.29, 1.82) is 5.26 Å². The molecule has 1 aliphatic rings. The lowest BCUT2D eigenvalue weighted by molar-refractivity contribution is -0.111. The van der Waals surface area contributed by atoms with Crippen LogP contribution in [0.15, 0.2) is 22.9 Å². The van der Waals surface area contributed by atoms with Gasteiger partial charge in [0.05, 0.1) is 12.2 Å². The number of rotatable bonds is 7. The van der Waals surface area contributed by atoms with Gasteiger partial charge in [-0.25, -0.2) is 4.79 Å². The highest BCUT2D eigenvalue weighted by Gasteiger charge is 2.28. The van der Waals surface area contributed by atoms with E-state index in [9.17, 15) is 14.9 Å². The SMILES string of the molecule is COCCNC(=O)OC1CCc2c(sc(NC(=O)/C=C/c3ccsc3)c2C#N)C1. The fraction of sp³-hybridized carbons (Fsp3) is 0.350. The summed E-state index contributed by atoms with van der Waals surface area (Å²) in [6.45, 7) is 0.810. The standard InChI is InChI=1S/C20H21N3O4S2/c1-26-8-7-22-20(25)27-14-3-4-15-16(11-21)19(29-17(15)10-14)23-18(24)5-2-13-6-9-28-12-13/h2,5-6,9,12,14H,3-4,7-8,10H2,1H3,(H,22,25)(H,23,24)/b5-2+. The zero-order valence-electron chi connectivity index (χ0n) is 15.9. The van der Waals surface area contributed by atoms with E-state index >= 15 is 0 Å². The Morgan fingerprint density at radius 2 is 2.31 bits per heavy atom. The number of nitrogens with one attached hydrogen (secondary N) is 2. The summed E-state index contributed by atoms with van der Waals surface area (Å²) < 4.78 is 10.3. The van der Waals surface area contributed by atoms with Gasteiger partial charge >= 0.3 is 6.09 Å². The van der Waals surface area contributed by atoms with Crippen LogP contribution in [-0.4, -0.2) is 38.4 Å². The van der Waals surface area contributed by atoms with Gasteiger partial charge in [0.1, 0.15) is 17.2 Å². The van der Waals surface area contributed by atoms with Gasteiger partial charge in [-0.1, -0.05) is 0 Å². The first kappa shape index (κ1) is 21.0. The Balaban J connectivity index is 1.63. The van der Waals surface area contributed by atoms with Gasteiger partial charge in [0.2, 0.25) is 5.91 Å². The van der Waals surface area contributed by atoms with Gasteiger partial charge in [-0.3, -0.25) is 4.79 Å². The van der Waals surface area contributed by atoms with Crippen LogP contribution in [0.3, 0.4) is 0 Å². The smallest absolute Gasteiger partial charge is 0.407 e. The van der Waals surface area contributed by atoms with Crippen LogP contribution in [0.25, 0.3) is 6.08 Å². The second-order valence-corrected chi connectivity index (χ2v) is 8.27. The molecule has 0 bridgehead atoms. The van der Waals surface area contributed by atoms with Crippen LogP contribution >= 0.6 is 22.7 Å². The summed E-state index contributed by atoms with van der Waals surface area (Å²) in [4.78, 5) is 25.0. The van der Waals surface area contributed by atoms with Crippen molar-refractivity contribution in [2.24, 2.45) is 0 Å². The Bertz CT molecular complexity index is 928. The number of nitriles is 1. The number of ether oxygens (including phenoxy) is 2. The molecule has 0 aromatic carbocycles. The molecule has 7 nitrogen and oxygen atoms in total. The van der Waals surface area contributed by atoms with E-state index in [1.807, 2.05) is 16.8 Å². The number of hydrogen-bond donors (Lipinski definition) is 2. The highest BCUT2D eigenvalue weighted by molar-refractivity contribution is 7.16. The van der Waals surface area contributed by atoms with Crippen molar-refractivity contribution >= 4 is 45.8 Å². The molecule has 29 heavy (non-hydrogen) atoms. The first-order valence-electron chi connectivity index (χ1n) is 9.10. The second-order valence-electron chi connectivity index (χ2n) is 6.39. The summed E-state index contributed by atoms with van der Waals surface area (Å²) in [5, 5.41) is 19.4. The second kappa shape index (κ2) is 10.2. The molecule has 0 fully saturated rings. The minimum atomic E-state index is -0.473. The van der Waals surface area contributed by atoms with E-state index in [0.717, 1.165) is 16.0 Å². The van der Waals surface area contributed by atoms with Crippen LogP contribution < -0.4 is 10.6 Å². The fourth-order valence-electron chi connectivity index (χ4n) is 3.01. The summed E-state index contributed by atoms with van der Waals surface area (Å²) in [7, 11) is 1.56. The summed E-state index contributed by atoms with van der Waals surface area (Å²) in [6, 6.07) is 4.13. The lowest BCUT2D eigenvalue weighted by Crippen LogP contribution is -2.33. The molecule has 2 amide bonds. The zero-order valence-corrected chi connectivity index (χ0v) is 17.5.